The van der Waals surface area contributed by atoms with Crippen LogP contribution >= 0.6 is 0 Å². The zero-order valence-corrected chi connectivity index (χ0v) is 11.9. The van der Waals surface area contributed by atoms with Gasteiger partial charge in [0.25, 0.3) is 5.56 Å². The summed E-state index contributed by atoms with van der Waals surface area (Å²) in [6, 6.07) is 7.96. The number of rotatable bonds is 3. The second-order valence-electron chi connectivity index (χ2n) is 5.32. The Labute approximate surface area is 121 Å². The molecule has 0 bridgehead atoms. The number of methoxy groups -OCH3 is 1. The van der Waals surface area contributed by atoms with E-state index < -0.39 is 5.69 Å². The fraction of sp³-hybridized carbons (Fsp3) is 0.333. The first-order valence-corrected chi connectivity index (χ1v) is 6.96. The van der Waals surface area contributed by atoms with E-state index >= 15 is 0 Å². The summed E-state index contributed by atoms with van der Waals surface area (Å²) in [5, 5.41) is 0. The Morgan fingerprint density at radius 3 is 2.67 bits per heavy atom. The van der Waals surface area contributed by atoms with Gasteiger partial charge in [-0.25, -0.2) is 4.79 Å². The van der Waals surface area contributed by atoms with Gasteiger partial charge in [-0.3, -0.25) is 9.78 Å². The summed E-state index contributed by atoms with van der Waals surface area (Å²) < 4.78 is 5.15. The lowest BCUT2D eigenvalue weighted by Crippen LogP contribution is -3.10. The highest BCUT2D eigenvalue weighted by Gasteiger charge is 2.23. The number of hydrogen-bond donors (Lipinski definition) is 3. The number of benzene rings is 1. The van der Waals surface area contributed by atoms with Gasteiger partial charge < -0.3 is 14.6 Å². The molecule has 1 aromatic carbocycles. The maximum Gasteiger partial charge on any atom is 0.325 e. The maximum absolute atomic E-state index is 11.9. The third kappa shape index (κ3) is 2.90. The van der Waals surface area contributed by atoms with Gasteiger partial charge in [0.1, 0.15) is 18.8 Å². The van der Waals surface area contributed by atoms with Crippen molar-refractivity contribution in [2.45, 2.75) is 19.5 Å². The van der Waals surface area contributed by atoms with Crippen LogP contribution in [0.3, 0.4) is 0 Å². The quantitative estimate of drug-likeness (QED) is 0.693. The van der Waals surface area contributed by atoms with E-state index in [9.17, 15) is 9.59 Å². The molecule has 0 saturated carbocycles. The minimum absolute atomic E-state index is 0.263. The van der Waals surface area contributed by atoms with Gasteiger partial charge >= 0.3 is 5.69 Å². The van der Waals surface area contributed by atoms with Gasteiger partial charge in [-0.05, 0) is 24.3 Å². The van der Waals surface area contributed by atoms with Crippen molar-refractivity contribution in [2.24, 2.45) is 0 Å². The second-order valence-corrected chi connectivity index (χ2v) is 5.32. The Balaban J connectivity index is 1.76. The molecule has 6 heteroatoms. The molecular formula is C15H18N3O3+. The van der Waals surface area contributed by atoms with Gasteiger partial charge in [-0.2, -0.15) is 0 Å². The Hall–Kier alpha value is -2.34. The van der Waals surface area contributed by atoms with E-state index in [4.69, 9.17) is 4.74 Å². The molecule has 1 aromatic heterocycles. The predicted molar refractivity (Wildman–Crippen MR) is 77.6 cm³/mol. The van der Waals surface area contributed by atoms with Crippen LogP contribution in [0.1, 0.15) is 16.8 Å². The van der Waals surface area contributed by atoms with Crippen molar-refractivity contribution < 1.29 is 9.64 Å². The Morgan fingerprint density at radius 2 is 1.95 bits per heavy atom. The Bertz CT molecular complexity index is 746. The van der Waals surface area contributed by atoms with Gasteiger partial charge in [0.2, 0.25) is 0 Å². The lowest BCUT2D eigenvalue weighted by Gasteiger charge is -2.24. The van der Waals surface area contributed by atoms with Gasteiger partial charge in [0, 0.05) is 17.7 Å². The Morgan fingerprint density at radius 1 is 1.19 bits per heavy atom. The van der Waals surface area contributed by atoms with Crippen molar-refractivity contribution in [3.05, 3.63) is 61.9 Å². The molecule has 21 heavy (non-hydrogen) atoms. The van der Waals surface area contributed by atoms with Crippen molar-refractivity contribution in [3.8, 4) is 5.75 Å². The van der Waals surface area contributed by atoms with E-state index in [-0.39, 0.29) is 5.56 Å². The van der Waals surface area contributed by atoms with Crippen LogP contribution in [0.2, 0.25) is 0 Å². The van der Waals surface area contributed by atoms with E-state index in [0.717, 1.165) is 31.0 Å². The molecule has 2 heterocycles. The van der Waals surface area contributed by atoms with Gasteiger partial charge in [-0.1, -0.05) is 0 Å². The summed E-state index contributed by atoms with van der Waals surface area (Å²) in [5.41, 5.74) is 2.00. The Kier molecular flexibility index (Phi) is 3.62. The molecule has 0 spiro atoms. The van der Waals surface area contributed by atoms with Crippen molar-refractivity contribution in [1.82, 2.24) is 9.97 Å². The lowest BCUT2D eigenvalue weighted by molar-refractivity contribution is -0.929. The standard InChI is InChI=1S/C15H17N3O3/c1-21-11-4-2-10(3-5-11)8-18-7-6-13-12(9-18)14(19)17-15(20)16-13/h2-5H,6-9H2,1H3,(H2,16,17,19,20)/p+1. The third-order valence-electron chi connectivity index (χ3n) is 3.90. The van der Waals surface area contributed by atoms with Crippen molar-refractivity contribution in [2.75, 3.05) is 13.7 Å². The highest BCUT2D eigenvalue weighted by molar-refractivity contribution is 5.26. The predicted octanol–water partition coefficient (Wildman–Crippen LogP) is -0.787. The lowest BCUT2D eigenvalue weighted by atomic mass is 10.1. The summed E-state index contributed by atoms with van der Waals surface area (Å²) in [6.45, 7) is 2.38. The van der Waals surface area contributed by atoms with E-state index in [1.165, 1.54) is 10.5 Å². The first kappa shape index (κ1) is 13.6. The average molecular weight is 288 g/mol. The van der Waals surface area contributed by atoms with E-state index in [1.807, 2.05) is 24.3 Å². The van der Waals surface area contributed by atoms with Crippen molar-refractivity contribution in [1.29, 1.82) is 0 Å². The number of ether oxygens (including phenoxy) is 1. The number of fused-ring (bicyclic) bond motifs is 1. The minimum Gasteiger partial charge on any atom is -0.497 e. The van der Waals surface area contributed by atoms with Crippen LogP contribution in [-0.4, -0.2) is 23.6 Å². The zero-order chi connectivity index (χ0) is 14.8. The molecule has 1 aliphatic heterocycles. The molecule has 3 N–H and O–H groups in total. The van der Waals surface area contributed by atoms with Gasteiger partial charge in [0.15, 0.2) is 0 Å². The summed E-state index contributed by atoms with van der Waals surface area (Å²) in [4.78, 5) is 29.5. The van der Waals surface area contributed by atoms with Crippen LogP contribution in [0.4, 0.5) is 0 Å². The molecule has 1 atom stereocenters. The maximum atomic E-state index is 11.9. The summed E-state index contributed by atoms with van der Waals surface area (Å²) in [6.07, 6.45) is 0.722. The van der Waals surface area contributed by atoms with Crippen LogP contribution in [-0.2, 0) is 19.5 Å². The van der Waals surface area contributed by atoms with Crippen LogP contribution < -0.4 is 20.9 Å². The number of quaternary nitrogens is 1. The molecule has 3 rings (SSSR count). The zero-order valence-electron chi connectivity index (χ0n) is 11.9. The largest absolute Gasteiger partial charge is 0.497 e. The van der Waals surface area contributed by atoms with E-state index in [0.29, 0.717) is 12.1 Å². The molecule has 0 radical (unpaired) electrons. The van der Waals surface area contributed by atoms with Crippen molar-refractivity contribution >= 4 is 0 Å². The monoisotopic (exact) mass is 288 g/mol. The van der Waals surface area contributed by atoms with Crippen LogP contribution in [0, 0.1) is 0 Å². The number of aromatic amines is 2. The topological polar surface area (TPSA) is 79.4 Å². The molecule has 1 aliphatic rings. The van der Waals surface area contributed by atoms with Crippen molar-refractivity contribution in [3.63, 3.8) is 0 Å². The smallest absolute Gasteiger partial charge is 0.325 e. The minimum atomic E-state index is -0.419. The molecule has 0 aliphatic carbocycles. The highest BCUT2D eigenvalue weighted by Crippen LogP contribution is 2.10. The number of hydrogen-bond acceptors (Lipinski definition) is 3. The van der Waals surface area contributed by atoms with Crippen LogP contribution in [0.5, 0.6) is 5.75 Å². The van der Waals surface area contributed by atoms with E-state index in [2.05, 4.69) is 9.97 Å². The summed E-state index contributed by atoms with van der Waals surface area (Å²) in [5.74, 6) is 0.840. The fourth-order valence-electron chi connectivity index (χ4n) is 2.78. The first-order valence-electron chi connectivity index (χ1n) is 6.96. The number of nitrogens with one attached hydrogen (secondary N) is 3. The first-order chi connectivity index (χ1) is 10.2. The summed E-state index contributed by atoms with van der Waals surface area (Å²) >= 11 is 0. The number of aromatic nitrogens is 2. The number of H-pyrrole nitrogens is 2. The van der Waals surface area contributed by atoms with Crippen LogP contribution in [0.15, 0.2) is 33.9 Å². The molecule has 1 unspecified atom stereocenters. The average Bonchev–Trinajstić information content (AvgIpc) is 2.48. The molecule has 2 aromatic rings. The van der Waals surface area contributed by atoms with Gasteiger partial charge in [-0.15, -0.1) is 0 Å². The second kappa shape index (κ2) is 5.57. The molecular weight excluding hydrogens is 270 g/mol. The molecule has 0 saturated heterocycles. The normalized spacial score (nSPS) is 17.3. The third-order valence-corrected chi connectivity index (χ3v) is 3.90. The molecule has 110 valence electrons. The van der Waals surface area contributed by atoms with E-state index in [1.54, 1.807) is 7.11 Å². The molecule has 0 amide bonds. The fourth-order valence-corrected chi connectivity index (χ4v) is 2.78. The van der Waals surface area contributed by atoms with Crippen LogP contribution in [0.25, 0.3) is 0 Å². The van der Waals surface area contributed by atoms with Gasteiger partial charge in [0.05, 0.1) is 19.2 Å². The highest BCUT2D eigenvalue weighted by atomic mass is 16.5. The molecule has 0 fully saturated rings. The SMILES string of the molecule is COc1ccc(C[NH+]2CCc3[nH]c(=O)[nH]c(=O)c3C2)cc1. The molecule has 6 nitrogen and oxygen atoms in total. The summed E-state index contributed by atoms with van der Waals surface area (Å²) in [7, 11) is 1.65.